The molecule has 1 saturated heterocycles. The summed E-state index contributed by atoms with van der Waals surface area (Å²) in [6.07, 6.45) is 0. The van der Waals surface area contributed by atoms with Crippen LogP contribution in [0.3, 0.4) is 0 Å². The molecule has 0 spiro atoms. The fourth-order valence-corrected chi connectivity index (χ4v) is 3.87. The molecule has 166 valence electrons. The Morgan fingerprint density at radius 3 is 2.53 bits per heavy atom. The third kappa shape index (κ3) is 4.18. The summed E-state index contributed by atoms with van der Waals surface area (Å²) in [6.45, 7) is 4.49. The molecule has 1 aromatic heterocycles. The molecule has 0 saturated carbocycles. The average Bonchev–Trinajstić information content (AvgIpc) is 3.22. The first-order chi connectivity index (χ1) is 15.2. The highest BCUT2D eigenvalue weighted by molar-refractivity contribution is 6.30. The molecule has 32 heavy (non-hydrogen) atoms. The van der Waals surface area contributed by atoms with E-state index in [4.69, 9.17) is 11.6 Å². The van der Waals surface area contributed by atoms with Crippen molar-refractivity contribution in [1.82, 2.24) is 30.0 Å². The van der Waals surface area contributed by atoms with Gasteiger partial charge in [-0.3, -0.25) is 9.59 Å². The zero-order valence-corrected chi connectivity index (χ0v) is 18.1. The van der Waals surface area contributed by atoms with Gasteiger partial charge in [0.2, 0.25) is 0 Å². The van der Waals surface area contributed by atoms with Crippen molar-refractivity contribution in [2.75, 3.05) is 19.6 Å². The van der Waals surface area contributed by atoms with Crippen LogP contribution in [0.15, 0.2) is 42.5 Å². The summed E-state index contributed by atoms with van der Waals surface area (Å²) in [4.78, 5) is 30.0. The number of rotatable bonds is 3. The summed E-state index contributed by atoms with van der Waals surface area (Å²) >= 11 is 5.99. The maximum atomic E-state index is 14.0. The van der Waals surface area contributed by atoms with Gasteiger partial charge in [-0.1, -0.05) is 17.7 Å². The molecule has 8 nitrogen and oxygen atoms in total. The third-order valence-electron chi connectivity index (χ3n) is 5.24. The number of tetrazole rings is 1. The highest BCUT2D eigenvalue weighted by Gasteiger charge is 2.40. The van der Waals surface area contributed by atoms with Gasteiger partial charge in [-0.15, -0.1) is 15.0 Å². The zero-order valence-electron chi connectivity index (χ0n) is 17.3. The molecule has 0 aliphatic carbocycles. The lowest BCUT2D eigenvalue weighted by Gasteiger charge is -2.46. The molecule has 0 bridgehead atoms. The second-order valence-corrected chi connectivity index (χ2v) is 8.44. The number of carbonyl (C=O) groups is 2. The van der Waals surface area contributed by atoms with Crippen molar-refractivity contribution in [2.24, 2.45) is 0 Å². The summed E-state index contributed by atoms with van der Waals surface area (Å²) in [7, 11) is 0. The first-order valence-corrected chi connectivity index (χ1v) is 10.2. The maximum Gasteiger partial charge on any atom is 0.296 e. The normalized spacial score (nSPS) is 15.7. The van der Waals surface area contributed by atoms with Gasteiger partial charge in [0, 0.05) is 36.3 Å². The summed E-state index contributed by atoms with van der Waals surface area (Å²) in [5.41, 5.74) is -0.385. The average molecular weight is 461 g/mol. The minimum Gasteiger partial charge on any atom is -0.335 e. The fraction of sp³-hybridized carbons (Fsp3) is 0.286. The molecule has 2 heterocycles. The lowest BCUT2D eigenvalue weighted by Crippen LogP contribution is -2.62. The number of halogens is 3. The van der Waals surface area contributed by atoms with Crippen molar-refractivity contribution in [3.8, 4) is 5.69 Å². The number of nitrogens with zero attached hydrogens (tertiary/aromatic N) is 6. The van der Waals surface area contributed by atoms with E-state index in [-0.39, 0.29) is 30.5 Å². The number of benzene rings is 2. The van der Waals surface area contributed by atoms with E-state index in [0.717, 1.165) is 16.9 Å². The Morgan fingerprint density at radius 1 is 1.06 bits per heavy atom. The minimum atomic E-state index is -0.880. The predicted octanol–water partition coefficient (Wildman–Crippen LogP) is 2.97. The van der Waals surface area contributed by atoms with E-state index in [0.29, 0.717) is 23.2 Å². The monoisotopic (exact) mass is 460 g/mol. The highest BCUT2D eigenvalue weighted by atomic mass is 35.5. The quantitative estimate of drug-likeness (QED) is 0.600. The van der Waals surface area contributed by atoms with Crippen LogP contribution in [0.5, 0.6) is 0 Å². The minimum absolute atomic E-state index is 0.130. The molecule has 3 aromatic rings. The summed E-state index contributed by atoms with van der Waals surface area (Å²) in [6, 6.07) is 9.60. The molecule has 0 unspecified atom stereocenters. The predicted molar refractivity (Wildman–Crippen MR) is 112 cm³/mol. The van der Waals surface area contributed by atoms with Gasteiger partial charge in [-0.25, -0.2) is 8.78 Å². The van der Waals surface area contributed by atoms with Crippen molar-refractivity contribution in [3.05, 3.63) is 70.5 Å². The van der Waals surface area contributed by atoms with Crippen molar-refractivity contribution < 1.29 is 18.4 Å². The number of piperazine rings is 1. The molecule has 1 aliphatic rings. The maximum absolute atomic E-state index is 14.0. The SMILES string of the molecule is CC1(C)CN(C(=O)c2cccc(Cl)c2)CCN1C(=O)c1nnn(-c2ccc(F)cc2F)n1. The van der Waals surface area contributed by atoms with Crippen LogP contribution < -0.4 is 0 Å². The van der Waals surface area contributed by atoms with Gasteiger partial charge in [0.25, 0.3) is 17.6 Å². The smallest absolute Gasteiger partial charge is 0.296 e. The summed E-state index contributed by atoms with van der Waals surface area (Å²) in [5, 5.41) is 11.9. The molecular weight excluding hydrogens is 442 g/mol. The second kappa shape index (κ2) is 8.27. The van der Waals surface area contributed by atoms with E-state index >= 15 is 0 Å². The van der Waals surface area contributed by atoms with Crippen LogP contribution in [0.1, 0.15) is 34.8 Å². The van der Waals surface area contributed by atoms with Crippen molar-refractivity contribution in [3.63, 3.8) is 0 Å². The number of hydrogen-bond donors (Lipinski definition) is 0. The molecule has 0 N–H and O–H groups in total. The van der Waals surface area contributed by atoms with Crippen LogP contribution in [0.25, 0.3) is 5.69 Å². The Labute approximate surface area is 187 Å². The molecule has 4 rings (SSSR count). The topological polar surface area (TPSA) is 84.2 Å². The third-order valence-corrected chi connectivity index (χ3v) is 5.47. The van der Waals surface area contributed by atoms with E-state index in [1.165, 1.54) is 0 Å². The Morgan fingerprint density at radius 2 is 1.84 bits per heavy atom. The molecule has 1 aliphatic heterocycles. The van der Waals surface area contributed by atoms with Gasteiger partial charge in [0.05, 0.1) is 5.54 Å². The summed E-state index contributed by atoms with van der Waals surface area (Å²) in [5.74, 6) is -2.52. The molecular formula is C21H19ClF2N6O2. The highest BCUT2D eigenvalue weighted by Crippen LogP contribution is 2.24. The van der Waals surface area contributed by atoms with E-state index in [2.05, 4.69) is 15.4 Å². The van der Waals surface area contributed by atoms with Gasteiger partial charge in [-0.05, 0) is 49.4 Å². The second-order valence-electron chi connectivity index (χ2n) is 8.00. The molecule has 11 heteroatoms. The van der Waals surface area contributed by atoms with E-state index in [1.807, 2.05) is 13.8 Å². The van der Waals surface area contributed by atoms with Crippen molar-refractivity contribution in [1.29, 1.82) is 0 Å². The molecule has 0 atom stereocenters. The van der Waals surface area contributed by atoms with Crippen LogP contribution in [0, 0.1) is 11.6 Å². The summed E-state index contributed by atoms with van der Waals surface area (Å²) < 4.78 is 27.1. The van der Waals surface area contributed by atoms with Crippen molar-refractivity contribution in [2.45, 2.75) is 19.4 Å². The van der Waals surface area contributed by atoms with Crippen LogP contribution in [-0.4, -0.2) is 67.0 Å². The molecule has 0 radical (unpaired) electrons. The molecule has 2 amide bonds. The number of aromatic nitrogens is 4. The van der Waals surface area contributed by atoms with Gasteiger partial charge in [0.15, 0.2) is 5.82 Å². The van der Waals surface area contributed by atoms with Gasteiger partial charge in [-0.2, -0.15) is 0 Å². The number of hydrogen-bond acceptors (Lipinski definition) is 5. The zero-order chi connectivity index (χ0) is 23.0. The largest absolute Gasteiger partial charge is 0.335 e. The Balaban J connectivity index is 1.51. The van der Waals surface area contributed by atoms with Gasteiger partial charge in [0.1, 0.15) is 11.5 Å². The van der Waals surface area contributed by atoms with E-state index < -0.39 is 23.1 Å². The standard InChI is InChI=1S/C21H19ClF2N6O2/c1-21(2)12-28(19(31)13-4-3-5-14(22)10-13)8-9-29(21)20(32)18-25-27-30(26-18)17-7-6-15(23)11-16(17)24/h3-7,10-11H,8-9,12H2,1-2H3. The fourth-order valence-electron chi connectivity index (χ4n) is 3.67. The van der Waals surface area contributed by atoms with Crippen LogP contribution >= 0.6 is 11.6 Å². The first-order valence-electron chi connectivity index (χ1n) is 9.78. The van der Waals surface area contributed by atoms with Crippen LogP contribution in [0.4, 0.5) is 8.78 Å². The first kappa shape index (κ1) is 21.8. The Bertz CT molecular complexity index is 1200. The van der Waals surface area contributed by atoms with Crippen molar-refractivity contribution >= 4 is 23.4 Å². The van der Waals surface area contributed by atoms with Crippen LogP contribution in [-0.2, 0) is 0 Å². The van der Waals surface area contributed by atoms with E-state index in [9.17, 15) is 18.4 Å². The Hall–Kier alpha value is -3.40. The van der Waals surface area contributed by atoms with E-state index in [1.54, 1.807) is 34.1 Å². The Kier molecular flexibility index (Phi) is 5.64. The lowest BCUT2D eigenvalue weighted by atomic mass is 9.97. The molecule has 1 fully saturated rings. The lowest BCUT2D eigenvalue weighted by molar-refractivity contribution is 0.0160. The van der Waals surface area contributed by atoms with Gasteiger partial charge < -0.3 is 9.80 Å². The number of carbonyl (C=O) groups excluding carboxylic acids is 2. The molecule has 2 aromatic carbocycles. The number of amides is 2. The van der Waals surface area contributed by atoms with Gasteiger partial charge >= 0.3 is 0 Å². The van der Waals surface area contributed by atoms with Crippen LogP contribution in [0.2, 0.25) is 5.02 Å².